The summed E-state index contributed by atoms with van der Waals surface area (Å²) in [6.45, 7) is 7.04. The van der Waals surface area contributed by atoms with Crippen LogP contribution < -0.4 is 14.8 Å². The number of hydrogen-bond acceptors (Lipinski definition) is 3. The second-order valence-electron chi connectivity index (χ2n) is 6.75. The molecule has 1 N–H and O–H groups in total. The van der Waals surface area contributed by atoms with Gasteiger partial charge in [0.25, 0.3) is 5.91 Å². The molecule has 0 radical (unpaired) electrons. The maximum absolute atomic E-state index is 12.4. The molecule has 0 aliphatic carbocycles. The minimum absolute atomic E-state index is 0.140. The summed E-state index contributed by atoms with van der Waals surface area (Å²) in [5.41, 5.74) is 1.35. The molecule has 146 valence electrons. The number of rotatable bonds is 11. The Kier molecular flexibility index (Phi) is 8.69. The standard InChI is InChI=1S/C23H31NO3/c1-4-6-7-8-17-26-21-15-11-20(12-16-21)24-23(25)19-9-13-22(14-10-19)27-18(3)5-2/h9-16,18H,4-8,17H2,1-3H3,(H,24,25). The van der Waals surface area contributed by atoms with Crippen LogP contribution >= 0.6 is 0 Å². The van der Waals surface area contributed by atoms with Crippen molar-refractivity contribution in [1.82, 2.24) is 0 Å². The summed E-state index contributed by atoms with van der Waals surface area (Å²) in [4.78, 5) is 12.4. The number of unbranched alkanes of at least 4 members (excludes halogenated alkanes) is 3. The summed E-state index contributed by atoms with van der Waals surface area (Å²) in [7, 11) is 0. The molecule has 0 saturated heterocycles. The average molecular weight is 370 g/mol. The van der Waals surface area contributed by atoms with Crippen LogP contribution in [-0.2, 0) is 0 Å². The topological polar surface area (TPSA) is 47.6 Å². The van der Waals surface area contributed by atoms with Gasteiger partial charge in [-0.15, -0.1) is 0 Å². The lowest BCUT2D eigenvalue weighted by Crippen LogP contribution is -2.12. The molecule has 1 amide bonds. The van der Waals surface area contributed by atoms with E-state index in [0.717, 1.165) is 36.6 Å². The highest BCUT2D eigenvalue weighted by Crippen LogP contribution is 2.19. The molecule has 0 aliphatic rings. The Morgan fingerprint density at radius 3 is 2.22 bits per heavy atom. The zero-order valence-electron chi connectivity index (χ0n) is 16.7. The molecule has 0 fully saturated rings. The monoisotopic (exact) mass is 369 g/mol. The van der Waals surface area contributed by atoms with Gasteiger partial charge in [-0.25, -0.2) is 0 Å². The molecular weight excluding hydrogens is 338 g/mol. The summed E-state index contributed by atoms with van der Waals surface area (Å²) in [5.74, 6) is 1.47. The SMILES string of the molecule is CCCCCCOc1ccc(NC(=O)c2ccc(OC(C)CC)cc2)cc1. The molecule has 1 atom stereocenters. The molecule has 2 aromatic carbocycles. The predicted octanol–water partition coefficient (Wildman–Crippen LogP) is 6.08. The Morgan fingerprint density at radius 2 is 1.59 bits per heavy atom. The highest BCUT2D eigenvalue weighted by Gasteiger charge is 2.07. The molecule has 1 unspecified atom stereocenters. The van der Waals surface area contributed by atoms with Gasteiger partial charge < -0.3 is 14.8 Å². The van der Waals surface area contributed by atoms with Crippen molar-refractivity contribution in [2.75, 3.05) is 11.9 Å². The van der Waals surface area contributed by atoms with Gasteiger partial charge in [0.1, 0.15) is 11.5 Å². The second kappa shape index (κ2) is 11.3. The summed E-state index contributed by atoms with van der Waals surface area (Å²) < 4.78 is 11.5. The number of amides is 1. The molecule has 0 aliphatic heterocycles. The van der Waals surface area contributed by atoms with Crippen molar-refractivity contribution in [1.29, 1.82) is 0 Å². The first kappa shape index (κ1) is 20.8. The van der Waals surface area contributed by atoms with Crippen LogP contribution in [-0.4, -0.2) is 18.6 Å². The molecule has 0 saturated carbocycles. The molecule has 4 heteroatoms. The fraction of sp³-hybridized carbons (Fsp3) is 0.435. The van der Waals surface area contributed by atoms with Crippen LogP contribution in [0.3, 0.4) is 0 Å². The zero-order chi connectivity index (χ0) is 19.5. The van der Waals surface area contributed by atoms with Crippen LogP contribution in [0.2, 0.25) is 0 Å². The third-order valence-corrected chi connectivity index (χ3v) is 4.41. The van der Waals surface area contributed by atoms with Crippen molar-refractivity contribution >= 4 is 11.6 Å². The smallest absolute Gasteiger partial charge is 0.255 e. The number of hydrogen-bond donors (Lipinski definition) is 1. The van der Waals surface area contributed by atoms with Crippen LogP contribution in [0.5, 0.6) is 11.5 Å². The normalized spacial score (nSPS) is 11.7. The van der Waals surface area contributed by atoms with Crippen molar-refractivity contribution < 1.29 is 14.3 Å². The lowest BCUT2D eigenvalue weighted by Gasteiger charge is -2.13. The van der Waals surface area contributed by atoms with E-state index in [2.05, 4.69) is 19.2 Å². The Balaban J connectivity index is 1.82. The number of ether oxygens (including phenoxy) is 2. The number of benzene rings is 2. The maximum Gasteiger partial charge on any atom is 0.255 e. The van der Waals surface area contributed by atoms with E-state index < -0.39 is 0 Å². The third kappa shape index (κ3) is 7.33. The van der Waals surface area contributed by atoms with E-state index >= 15 is 0 Å². The quantitative estimate of drug-likeness (QED) is 0.489. The molecule has 2 aromatic rings. The van der Waals surface area contributed by atoms with Crippen LogP contribution in [0.4, 0.5) is 5.69 Å². The number of carbonyl (C=O) groups excluding carboxylic acids is 1. The van der Waals surface area contributed by atoms with E-state index in [9.17, 15) is 4.79 Å². The van der Waals surface area contributed by atoms with E-state index in [-0.39, 0.29) is 12.0 Å². The van der Waals surface area contributed by atoms with Gasteiger partial charge in [0, 0.05) is 11.3 Å². The first-order chi connectivity index (χ1) is 13.1. The van der Waals surface area contributed by atoms with Crippen molar-refractivity contribution in [3.05, 3.63) is 54.1 Å². The number of anilines is 1. The average Bonchev–Trinajstić information content (AvgIpc) is 2.69. The van der Waals surface area contributed by atoms with Gasteiger partial charge >= 0.3 is 0 Å². The zero-order valence-corrected chi connectivity index (χ0v) is 16.7. The minimum Gasteiger partial charge on any atom is -0.494 e. The van der Waals surface area contributed by atoms with Gasteiger partial charge in [-0.2, -0.15) is 0 Å². The van der Waals surface area contributed by atoms with Gasteiger partial charge in [-0.3, -0.25) is 4.79 Å². The summed E-state index contributed by atoms with van der Waals surface area (Å²) >= 11 is 0. The van der Waals surface area contributed by atoms with Crippen molar-refractivity contribution in [3.8, 4) is 11.5 Å². The first-order valence-corrected chi connectivity index (χ1v) is 9.93. The van der Waals surface area contributed by atoms with Crippen molar-refractivity contribution in [2.24, 2.45) is 0 Å². The van der Waals surface area contributed by atoms with E-state index in [1.807, 2.05) is 43.3 Å². The maximum atomic E-state index is 12.4. The Hall–Kier alpha value is -2.49. The van der Waals surface area contributed by atoms with E-state index in [4.69, 9.17) is 9.47 Å². The van der Waals surface area contributed by atoms with Crippen LogP contribution in [0.25, 0.3) is 0 Å². The van der Waals surface area contributed by atoms with Crippen LogP contribution in [0.1, 0.15) is 63.2 Å². The van der Waals surface area contributed by atoms with Gasteiger partial charge in [0.2, 0.25) is 0 Å². The Morgan fingerprint density at radius 1 is 0.926 bits per heavy atom. The molecule has 0 aromatic heterocycles. The fourth-order valence-corrected chi connectivity index (χ4v) is 2.56. The van der Waals surface area contributed by atoms with Gasteiger partial charge in [-0.05, 0) is 68.3 Å². The van der Waals surface area contributed by atoms with Gasteiger partial charge in [-0.1, -0.05) is 33.1 Å². The molecule has 0 heterocycles. The number of carbonyl (C=O) groups is 1. The molecular formula is C23H31NO3. The fourth-order valence-electron chi connectivity index (χ4n) is 2.56. The Labute approximate surface area is 162 Å². The van der Waals surface area contributed by atoms with Crippen LogP contribution in [0, 0.1) is 0 Å². The largest absolute Gasteiger partial charge is 0.494 e. The van der Waals surface area contributed by atoms with E-state index in [0.29, 0.717) is 5.56 Å². The minimum atomic E-state index is -0.140. The molecule has 27 heavy (non-hydrogen) atoms. The van der Waals surface area contributed by atoms with E-state index in [1.165, 1.54) is 19.3 Å². The lowest BCUT2D eigenvalue weighted by molar-refractivity contribution is 0.102. The Bertz CT molecular complexity index is 680. The van der Waals surface area contributed by atoms with Gasteiger partial charge in [0.05, 0.1) is 12.7 Å². The molecule has 0 spiro atoms. The molecule has 0 bridgehead atoms. The molecule has 2 rings (SSSR count). The third-order valence-electron chi connectivity index (χ3n) is 4.41. The highest BCUT2D eigenvalue weighted by atomic mass is 16.5. The molecule has 4 nitrogen and oxygen atoms in total. The van der Waals surface area contributed by atoms with Crippen molar-refractivity contribution in [2.45, 2.75) is 59.0 Å². The summed E-state index contributed by atoms with van der Waals surface area (Å²) in [6.07, 6.45) is 5.86. The summed E-state index contributed by atoms with van der Waals surface area (Å²) in [6, 6.07) is 14.7. The second-order valence-corrected chi connectivity index (χ2v) is 6.75. The first-order valence-electron chi connectivity index (χ1n) is 9.93. The number of nitrogens with one attached hydrogen (secondary N) is 1. The van der Waals surface area contributed by atoms with Gasteiger partial charge in [0.15, 0.2) is 0 Å². The predicted molar refractivity (Wildman–Crippen MR) is 111 cm³/mol. The van der Waals surface area contributed by atoms with E-state index in [1.54, 1.807) is 12.1 Å². The van der Waals surface area contributed by atoms with Crippen LogP contribution in [0.15, 0.2) is 48.5 Å². The highest BCUT2D eigenvalue weighted by molar-refractivity contribution is 6.04. The summed E-state index contributed by atoms with van der Waals surface area (Å²) in [5, 5.41) is 2.91. The van der Waals surface area contributed by atoms with Crippen molar-refractivity contribution in [3.63, 3.8) is 0 Å². The lowest BCUT2D eigenvalue weighted by atomic mass is 10.2.